The highest BCUT2D eigenvalue weighted by Gasteiger charge is 2.27. The van der Waals surface area contributed by atoms with Crippen LogP contribution in [0.4, 0.5) is 0 Å². The van der Waals surface area contributed by atoms with E-state index in [0.717, 1.165) is 18.6 Å². The van der Waals surface area contributed by atoms with Gasteiger partial charge in [-0.15, -0.1) is 0 Å². The van der Waals surface area contributed by atoms with Crippen molar-refractivity contribution in [3.05, 3.63) is 62.7 Å². The number of imidazole rings is 1. The number of H-pyrrole nitrogens is 2. The van der Waals surface area contributed by atoms with Crippen LogP contribution in [0.5, 0.6) is 0 Å². The van der Waals surface area contributed by atoms with E-state index in [4.69, 9.17) is 19.6 Å². The van der Waals surface area contributed by atoms with Crippen molar-refractivity contribution in [1.29, 1.82) is 0 Å². The first-order valence-electron chi connectivity index (χ1n) is 7.98. The lowest BCUT2D eigenvalue weighted by Gasteiger charge is -2.15. The van der Waals surface area contributed by atoms with Gasteiger partial charge in [-0.2, -0.15) is 0 Å². The summed E-state index contributed by atoms with van der Waals surface area (Å²) in [5, 5.41) is 7.00. The van der Waals surface area contributed by atoms with Gasteiger partial charge in [0.2, 0.25) is 0 Å². The van der Waals surface area contributed by atoms with Gasteiger partial charge in [0.05, 0.1) is 12.4 Å². The van der Waals surface area contributed by atoms with E-state index < -0.39 is 31.2 Å². The maximum absolute atomic E-state index is 12.1. The van der Waals surface area contributed by atoms with E-state index in [1.807, 2.05) is 0 Å². The predicted molar refractivity (Wildman–Crippen MR) is 95.2 cm³/mol. The molecule has 2 unspecified atom stereocenters. The largest absolute Gasteiger partial charge is 0.400 e. The molecule has 0 aromatic carbocycles. The molecule has 1 aliphatic rings. The number of hydrogen-bond acceptors (Lipinski definition) is 6. The minimum atomic E-state index is -4.25. The van der Waals surface area contributed by atoms with Crippen LogP contribution >= 0.6 is 7.60 Å². The molecule has 1 fully saturated rings. The fraction of sp³-hybridized carbons (Fsp3) is 0.400. The van der Waals surface area contributed by atoms with Gasteiger partial charge >= 0.3 is 13.3 Å². The van der Waals surface area contributed by atoms with Crippen molar-refractivity contribution in [3.63, 3.8) is 0 Å². The molecular weight excluding hydrogens is 379 g/mol. The summed E-state index contributed by atoms with van der Waals surface area (Å²) in [7, 11) is -3.25. The molecule has 0 saturated carbocycles. The maximum Gasteiger partial charge on any atom is 0.348 e. The van der Waals surface area contributed by atoms with Gasteiger partial charge in [-0.05, 0) is 18.9 Å². The number of nitrogens with one attached hydrogen (secondary N) is 2. The van der Waals surface area contributed by atoms with Crippen molar-refractivity contribution in [2.24, 2.45) is 0 Å². The van der Waals surface area contributed by atoms with Crippen molar-refractivity contribution in [2.75, 3.05) is 7.11 Å². The number of rotatable bonds is 5. The summed E-state index contributed by atoms with van der Waals surface area (Å²) < 4.78 is 17.8. The van der Waals surface area contributed by atoms with Gasteiger partial charge in [-0.25, -0.2) is 9.78 Å². The highest BCUT2D eigenvalue weighted by Crippen LogP contribution is 2.37. The van der Waals surface area contributed by atoms with Gasteiger partial charge in [0.15, 0.2) is 0 Å². The minimum absolute atomic E-state index is 0.282. The zero-order valence-corrected chi connectivity index (χ0v) is 15.4. The van der Waals surface area contributed by atoms with Gasteiger partial charge in [-0.1, -0.05) is 0 Å². The summed E-state index contributed by atoms with van der Waals surface area (Å²) in [6.45, 7) is 0. The summed E-state index contributed by atoms with van der Waals surface area (Å²) in [6.07, 6.45) is 5.97. The fourth-order valence-electron chi connectivity index (χ4n) is 2.65. The molecule has 2 aromatic heterocycles. The van der Waals surface area contributed by atoms with Crippen LogP contribution in [0.25, 0.3) is 0 Å². The third kappa shape index (κ3) is 5.84. The van der Waals surface area contributed by atoms with Crippen molar-refractivity contribution < 1.29 is 24.2 Å². The lowest BCUT2D eigenvalue weighted by Crippen LogP contribution is -2.34. The first-order valence-corrected chi connectivity index (χ1v) is 9.66. The van der Waals surface area contributed by atoms with Gasteiger partial charge in [0.1, 0.15) is 6.23 Å². The number of aromatic amines is 2. The van der Waals surface area contributed by atoms with Gasteiger partial charge < -0.3 is 24.6 Å². The van der Waals surface area contributed by atoms with Gasteiger partial charge in [0.25, 0.3) is 5.56 Å². The first kappa shape index (κ1) is 21.0. The molecule has 148 valence electrons. The Bertz CT molecular complexity index is 928. The first-order chi connectivity index (χ1) is 12.8. The summed E-state index contributed by atoms with van der Waals surface area (Å²) in [5.41, 5.74) is 0.0296. The molecule has 3 rings (SSSR count). The van der Waals surface area contributed by atoms with Crippen molar-refractivity contribution in [3.8, 4) is 0 Å². The summed E-state index contributed by atoms with van der Waals surface area (Å²) in [4.78, 5) is 50.8. The fourth-order valence-corrected chi connectivity index (χ4v) is 3.07. The summed E-state index contributed by atoms with van der Waals surface area (Å²) in [6, 6.07) is 0. The van der Waals surface area contributed by atoms with Crippen LogP contribution in [0.2, 0.25) is 0 Å². The van der Waals surface area contributed by atoms with E-state index in [2.05, 4.69) is 15.0 Å². The quantitative estimate of drug-likeness (QED) is 0.431. The normalized spacial score (nSPS) is 19.9. The van der Waals surface area contributed by atoms with Crippen molar-refractivity contribution >= 4 is 7.60 Å². The van der Waals surface area contributed by atoms with E-state index in [-0.39, 0.29) is 6.42 Å². The molecule has 27 heavy (non-hydrogen) atoms. The van der Waals surface area contributed by atoms with Gasteiger partial charge in [0, 0.05) is 43.0 Å². The second-order valence-corrected chi connectivity index (χ2v) is 7.19. The Hall–Kier alpha value is -2.30. The molecule has 11 nitrogen and oxygen atoms in total. The Kier molecular flexibility index (Phi) is 7.05. The van der Waals surface area contributed by atoms with E-state index in [9.17, 15) is 14.2 Å². The molecule has 2 atom stereocenters. The Morgan fingerprint density at radius 2 is 2.11 bits per heavy atom. The van der Waals surface area contributed by atoms with Crippen LogP contribution in [0.1, 0.15) is 30.3 Å². The van der Waals surface area contributed by atoms with Gasteiger partial charge in [-0.3, -0.25) is 18.9 Å². The van der Waals surface area contributed by atoms with E-state index in [1.54, 1.807) is 6.20 Å². The van der Waals surface area contributed by atoms with Crippen LogP contribution in [0, 0.1) is 0 Å². The van der Waals surface area contributed by atoms with Crippen molar-refractivity contribution in [2.45, 2.75) is 31.6 Å². The molecule has 0 aliphatic carbocycles. The molecule has 0 radical (unpaired) electrons. The van der Waals surface area contributed by atoms with E-state index in [0.29, 0.717) is 18.4 Å². The standard InChI is InChI=1S/C14H17N4O6P.CH4O/c19-13-9(5-10-6-15-8-16-10)7-18(14(20)17-13)12-2-1-11(24-12)3-4-25(21,22)23;1-2/h3-4,6-8,11-12H,1-2,5H2,(H,15,16)(H,17,19,20)(H2,21,22,23);2H,1H3/b4-3+;. The predicted octanol–water partition coefficient (Wildman–Crippen LogP) is -0.172. The second kappa shape index (κ2) is 9.07. The number of aromatic nitrogens is 4. The number of hydrogen-bond donors (Lipinski definition) is 5. The topological polar surface area (TPSA) is 171 Å². The molecule has 2 aromatic rings. The smallest absolute Gasteiger partial charge is 0.348 e. The Morgan fingerprint density at radius 1 is 1.37 bits per heavy atom. The van der Waals surface area contributed by atoms with Crippen LogP contribution in [-0.2, 0) is 15.7 Å². The molecule has 0 spiro atoms. The Morgan fingerprint density at radius 3 is 2.74 bits per heavy atom. The molecule has 5 N–H and O–H groups in total. The molecular formula is C15H21N4O7P. The number of aliphatic hydroxyl groups excluding tert-OH is 1. The molecule has 1 aliphatic heterocycles. The van der Waals surface area contributed by atoms with Crippen LogP contribution in [-0.4, -0.2) is 47.6 Å². The minimum Gasteiger partial charge on any atom is -0.400 e. The SMILES string of the molecule is CO.O=c1[nH]c(=O)n(C2CCC(/C=C/P(=O)(O)O)O2)cc1Cc1cnc[nH]1. The van der Waals surface area contributed by atoms with E-state index >= 15 is 0 Å². The molecule has 0 bridgehead atoms. The number of ether oxygens (including phenoxy) is 1. The molecule has 0 amide bonds. The van der Waals surface area contributed by atoms with Crippen LogP contribution in [0.3, 0.4) is 0 Å². The maximum atomic E-state index is 12.1. The zero-order valence-electron chi connectivity index (χ0n) is 14.5. The highest BCUT2D eigenvalue weighted by atomic mass is 31.2. The second-order valence-electron chi connectivity index (χ2n) is 5.71. The Labute approximate surface area is 153 Å². The van der Waals surface area contributed by atoms with Crippen LogP contribution < -0.4 is 11.2 Å². The lowest BCUT2D eigenvalue weighted by molar-refractivity contribution is 0.0201. The Balaban J connectivity index is 0.00000126. The van der Waals surface area contributed by atoms with Crippen LogP contribution in [0.15, 0.2) is 40.2 Å². The average Bonchev–Trinajstić information content (AvgIpc) is 3.28. The lowest BCUT2D eigenvalue weighted by atomic mass is 10.2. The van der Waals surface area contributed by atoms with Crippen molar-refractivity contribution in [1.82, 2.24) is 19.5 Å². The number of aliphatic hydroxyl groups is 1. The zero-order chi connectivity index (χ0) is 20.0. The molecule has 12 heteroatoms. The monoisotopic (exact) mass is 400 g/mol. The summed E-state index contributed by atoms with van der Waals surface area (Å²) in [5.74, 6) is 0.791. The number of nitrogens with zero attached hydrogens (tertiary/aromatic N) is 2. The average molecular weight is 400 g/mol. The summed E-state index contributed by atoms with van der Waals surface area (Å²) >= 11 is 0. The van der Waals surface area contributed by atoms with E-state index in [1.165, 1.54) is 23.2 Å². The third-order valence-corrected chi connectivity index (χ3v) is 4.37. The molecule has 3 heterocycles. The molecule has 1 saturated heterocycles. The highest BCUT2D eigenvalue weighted by molar-refractivity contribution is 7.55. The third-order valence-electron chi connectivity index (χ3n) is 3.81.